The summed E-state index contributed by atoms with van der Waals surface area (Å²) >= 11 is 7.07. The van der Waals surface area contributed by atoms with Crippen molar-refractivity contribution in [3.8, 4) is 11.1 Å². The molecule has 138 valence electrons. The number of amides is 1. The van der Waals surface area contributed by atoms with Crippen LogP contribution in [0.15, 0.2) is 66.2 Å². The Morgan fingerprint density at radius 2 is 1.82 bits per heavy atom. The van der Waals surface area contributed by atoms with Crippen molar-refractivity contribution in [2.45, 2.75) is 0 Å². The number of nitrogens with one attached hydrogen (secondary N) is 1. The van der Waals surface area contributed by atoms with E-state index in [2.05, 4.69) is 10.3 Å². The van der Waals surface area contributed by atoms with Gasteiger partial charge in [-0.1, -0.05) is 41.9 Å². The van der Waals surface area contributed by atoms with E-state index < -0.39 is 11.9 Å². The molecule has 0 saturated heterocycles. The minimum absolute atomic E-state index is 0.0504. The molecule has 4 rings (SSSR count). The first-order valence-corrected chi connectivity index (χ1v) is 9.55. The van der Waals surface area contributed by atoms with Gasteiger partial charge in [-0.15, -0.1) is 11.3 Å². The second-order valence-corrected chi connectivity index (χ2v) is 7.35. The number of pyridine rings is 1. The number of rotatable bonds is 4. The van der Waals surface area contributed by atoms with Gasteiger partial charge < -0.3 is 10.4 Å². The maximum atomic E-state index is 12.7. The first-order valence-electron chi connectivity index (χ1n) is 8.30. The van der Waals surface area contributed by atoms with E-state index in [0.717, 1.165) is 22.2 Å². The Bertz CT molecular complexity index is 1200. The lowest BCUT2D eigenvalue weighted by atomic mass is 10.0. The van der Waals surface area contributed by atoms with Crippen molar-refractivity contribution in [2.24, 2.45) is 0 Å². The Labute approximate surface area is 169 Å². The van der Waals surface area contributed by atoms with Gasteiger partial charge in [0.15, 0.2) is 0 Å². The van der Waals surface area contributed by atoms with E-state index in [9.17, 15) is 14.7 Å². The van der Waals surface area contributed by atoms with Crippen molar-refractivity contribution in [1.82, 2.24) is 4.98 Å². The van der Waals surface area contributed by atoms with Gasteiger partial charge in [-0.2, -0.15) is 0 Å². The molecule has 7 heteroatoms. The number of hydrogen-bond acceptors (Lipinski definition) is 4. The molecule has 0 aliphatic heterocycles. The average molecular weight is 409 g/mol. The first-order chi connectivity index (χ1) is 13.5. The molecular formula is C21H13ClN2O3S. The van der Waals surface area contributed by atoms with Crippen molar-refractivity contribution in [1.29, 1.82) is 0 Å². The van der Waals surface area contributed by atoms with Gasteiger partial charge in [0.1, 0.15) is 10.6 Å². The molecular weight excluding hydrogens is 396 g/mol. The van der Waals surface area contributed by atoms with Crippen molar-refractivity contribution in [2.75, 3.05) is 5.32 Å². The van der Waals surface area contributed by atoms with Crippen LogP contribution in [0.2, 0.25) is 5.02 Å². The van der Waals surface area contributed by atoms with Crippen LogP contribution in [0.4, 0.5) is 5.00 Å². The molecule has 2 aromatic carbocycles. The molecule has 2 heterocycles. The molecule has 1 amide bonds. The number of thiophene rings is 1. The van der Waals surface area contributed by atoms with Gasteiger partial charge in [0, 0.05) is 27.5 Å². The maximum Gasteiger partial charge on any atom is 0.339 e. The lowest BCUT2D eigenvalue weighted by Crippen LogP contribution is -2.13. The lowest BCUT2D eigenvalue weighted by Gasteiger charge is -2.07. The maximum absolute atomic E-state index is 12.7. The van der Waals surface area contributed by atoms with Gasteiger partial charge in [-0.05, 0) is 29.8 Å². The Kier molecular flexibility index (Phi) is 4.81. The minimum atomic E-state index is -1.11. The van der Waals surface area contributed by atoms with Gasteiger partial charge >= 0.3 is 5.97 Å². The second-order valence-electron chi connectivity index (χ2n) is 6.04. The molecule has 0 aliphatic rings. The molecule has 0 unspecified atom stereocenters. The van der Waals surface area contributed by atoms with E-state index in [4.69, 9.17) is 11.6 Å². The monoisotopic (exact) mass is 408 g/mol. The number of carboxylic acid groups (broad SMARTS) is 1. The third kappa shape index (κ3) is 3.47. The summed E-state index contributed by atoms with van der Waals surface area (Å²) in [6.45, 7) is 0. The fourth-order valence-electron chi connectivity index (χ4n) is 2.87. The summed E-state index contributed by atoms with van der Waals surface area (Å²) in [6, 6.07) is 16.1. The van der Waals surface area contributed by atoms with Crippen LogP contribution in [0.5, 0.6) is 0 Å². The minimum Gasteiger partial charge on any atom is -0.478 e. The quantitative estimate of drug-likeness (QED) is 0.462. The number of halogens is 1. The highest BCUT2D eigenvalue weighted by Crippen LogP contribution is 2.36. The lowest BCUT2D eigenvalue weighted by molar-refractivity contribution is 0.0699. The van der Waals surface area contributed by atoms with Crippen LogP contribution in [0.3, 0.4) is 0 Å². The normalized spacial score (nSPS) is 10.8. The SMILES string of the molecule is O=C(Nc1scc(-c2ccc(Cl)cc2)c1C(=O)O)c1cnc2ccccc2c1. The predicted molar refractivity (Wildman–Crippen MR) is 111 cm³/mol. The average Bonchev–Trinajstić information content (AvgIpc) is 3.12. The van der Waals surface area contributed by atoms with Crippen LogP contribution >= 0.6 is 22.9 Å². The van der Waals surface area contributed by atoms with Gasteiger partial charge in [-0.25, -0.2) is 4.79 Å². The Morgan fingerprint density at radius 3 is 2.57 bits per heavy atom. The van der Waals surface area contributed by atoms with E-state index in [1.807, 2.05) is 24.3 Å². The highest BCUT2D eigenvalue weighted by molar-refractivity contribution is 7.15. The third-order valence-corrected chi connectivity index (χ3v) is 5.39. The molecule has 2 N–H and O–H groups in total. The highest BCUT2D eigenvalue weighted by Gasteiger charge is 2.21. The number of carbonyl (C=O) groups is 2. The smallest absolute Gasteiger partial charge is 0.339 e. The van der Waals surface area contributed by atoms with E-state index in [0.29, 0.717) is 21.7 Å². The zero-order chi connectivity index (χ0) is 19.7. The molecule has 4 aromatic rings. The molecule has 2 aromatic heterocycles. The summed E-state index contributed by atoms with van der Waals surface area (Å²) < 4.78 is 0. The Hall–Kier alpha value is -3.22. The molecule has 0 aliphatic carbocycles. The number of nitrogens with zero attached hydrogens (tertiary/aromatic N) is 1. The summed E-state index contributed by atoms with van der Waals surface area (Å²) in [4.78, 5) is 28.8. The summed E-state index contributed by atoms with van der Waals surface area (Å²) in [5.41, 5.74) is 2.43. The van der Waals surface area contributed by atoms with Gasteiger partial charge in [0.25, 0.3) is 5.91 Å². The van der Waals surface area contributed by atoms with Crippen LogP contribution in [-0.2, 0) is 0 Å². The van der Waals surface area contributed by atoms with E-state index >= 15 is 0 Å². The molecule has 0 bridgehead atoms. The number of fused-ring (bicyclic) bond motifs is 1. The van der Waals surface area contributed by atoms with E-state index in [1.54, 1.807) is 35.7 Å². The number of benzene rings is 2. The van der Waals surface area contributed by atoms with Crippen LogP contribution in [0, 0.1) is 0 Å². The summed E-state index contributed by atoms with van der Waals surface area (Å²) in [5, 5.41) is 15.8. The zero-order valence-corrected chi connectivity index (χ0v) is 15.9. The molecule has 0 fully saturated rings. The number of aromatic nitrogens is 1. The largest absolute Gasteiger partial charge is 0.478 e. The van der Waals surface area contributed by atoms with Crippen molar-refractivity contribution in [3.05, 3.63) is 82.3 Å². The number of carbonyl (C=O) groups excluding carboxylic acids is 1. The van der Waals surface area contributed by atoms with E-state index in [1.165, 1.54) is 6.20 Å². The molecule has 0 atom stereocenters. The number of anilines is 1. The number of aromatic carboxylic acids is 1. The molecule has 5 nitrogen and oxygen atoms in total. The molecule has 0 radical (unpaired) electrons. The van der Waals surface area contributed by atoms with Crippen LogP contribution < -0.4 is 5.32 Å². The third-order valence-electron chi connectivity index (χ3n) is 4.24. The highest BCUT2D eigenvalue weighted by atomic mass is 35.5. The number of para-hydroxylation sites is 1. The molecule has 0 saturated carbocycles. The van der Waals surface area contributed by atoms with Gasteiger partial charge in [-0.3, -0.25) is 9.78 Å². The van der Waals surface area contributed by atoms with Crippen LogP contribution in [0.25, 0.3) is 22.0 Å². The summed E-state index contributed by atoms with van der Waals surface area (Å²) in [5.74, 6) is -1.52. The fraction of sp³-hybridized carbons (Fsp3) is 0. The standard InChI is InChI=1S/C21H13ClN2O3S/c22-15-7-5-12(6-8-15)16-11-28-20(18(16)21(26)27)24-19(25)14-9-13-3-1-2-4-17(13)23-10-14/h1-11H,(H,24,25)(H,26,27). The van der Waals surface area contributed by atoms with Gasteiger partial charge in [0.2, 0.25) is 0 Å². The number of carboxylic acids is 1. The van der Waals surface area contributed by atoms with Crippen molar-refractivity contribution < 1.29 is 14.7 Å². The Morgan fingerprint density at radius 1 is 1.07 bits per heavy atom. The van der Waals surface area contributed by atoms with Crippen LogP contribution in [-0.4, -0.2) is 22.0 Å². The fourth-order valence-corrected chi connectivity index (χ4v) is 3.96. The first kappa shape index (κ1) is 18.2. The van der Waals surface area contributed by atoms with Crippen molar-refractivity contribution in [3.63, 3.8) is 0 Å². The molecule has 28 heavy (non-hydrogen) atoms. The predicted octanol–water partition coefficient (Wildman–Crippen LogP) is 5.57. The van der Waals surface area contributed by atoms with Crippen molar-refractivity contribution >= 4 is 50.7 Å². The topological polar surface area (TPSA) is 79.3 Å². The Balaban J connectivity index is 1.68. The second kappa shape index (κ2) is 7.42. The zero-order valence-electron chi connectivity index (χ0n) is 14.3. The van der Waals surface area contributed by atoms with Crippen LogP contribution in [0.1, 0.15) is 20.7 Å². The van der Waals surface area contributed by atoms with E-state index in [-0.39, 0.29) is 10.6 Å². The number of hydrogen-bond donors (Lipinski definition) is 2. The summed E-state index contributed by atoms with van der Waals surface area (Å²) in [6.07, 6.45) is 1.48. The molecule has 0 spiro atoms. The summed E-state index contributed by atoms with van der Waals surface area (Å²) in [7, 11) is 0. The van der Waals surface area contributed by atoms with Gasteiger partial charge in [0.05, 0.1) is 11.1 Å².